The number of hydrogen-bond donors (Lipinski definition) is 2. The van der Waals surface area contributed by atoms with Crippen LogP contribution in [0.3, 0.4) is 0 Å². The van der Waals surface area contributed by atoms with Crippen molar-refractivity contribution in [2.45, 2.75) is 26.7 Å². The predicted octanol–water partition coefficient (Wildman–Crippen LogP) is 1.02. The topological polar surface area (TPSA) is 84.1 Å². The fourth-order valence-electron chi connectivity index (χ4n) is 2.02. The number of amides is 1. The van der Waals surface area contributed by atoms with Crippen LogP contribution in [-0.4, -0.2) is 33.9 Å². The molecule has 3 N–H and O–H groups in total. The molecule has 1 fully saturated rings. The van der Waals surface area contributed by atoms with Crippen molar-refractivity contribution < 1.29 is 4.79 Å². The summed E-state index contributed by atoms with van der Waals surface area (Å²) in [5.74, 6) is 5.58. The first-order valence-corrected chi connectivity index (χ1v) is 6.10. The molecule has 1 amide bonds. The fourth-order valence-corrected chi connectivity index (χ4v) is 2.02. The second-order valence-corrected chi connectivity index (χ2v) is 5.39. The maximum absolute atomic E-state index is 12.2. The number of anilines is 1. The number of likely N-dealkylation sites (tertiary alicyclic amines) is 1. The number of nitrogens with one attached hydrogen (secondary N) is 1. The molecule has 0 spiro atoms. The van der Waals surface area contributed by atoms with Crippen LogP contribution in [-0.2, 0) is 0 Å². The number of carbonyl (C=O) groups excluding carboxylic acids is 1. The lowest BCUT2D eigenvalue weighted by atomic mass is 9.82. The van der Waals surface area contributed by atoms with Gasteiger partial charge in [0.25, 0.3) is 5.91 Å². The summed E-state index contributed by atoms with van der Waals surface area (Å²) in [6.07, 6.45) is 4.99. The van der Waals surface area contributed by atoms with E-state index in [2.05, 4.69) is 29.2 Å². The molecule has 6 nitrogen and oxygen atoms in total. The summed E-state index contributed by atoms with van der Waals surface area (Å²) < 4.78 is 0. The van der Waals surface area contributed by atoms with Crippen molar-refractivity contribution in [1.29, 1.82) is 0 Å². The maximum atomic E-state index is 12.2. The highest BCUT2D eigenvalue weighted by molar-refractivity contribution is 5.92. The largest absolute Gasteiger partial charge is 0.337 e. The lowest BCUT2D eigenvalue weighted by Crippen LogP contribution is -2.41. The number of nitrogens with two attached hydrogens (primary N) is 1. The van der Waals surface area contributed by atoms with Crippen molar-refractivity contribution in [3.8, 4) is 0 Å². The van der Waals surface area contributed by atoms with Crippen molar-refractivity contribution in [3.05, 3.63) is 18.1 Å². The van der Waals surface area contributed by atoms with Gasteiger partial charge >= 0.3 is 0 Å². The summed E-state index contributed by atoms with van der Waals surface area (Å²) in [5.41, 5.74) is 3.05. The minimum Gasteiger partial charge on any atom is -0.337 e. The van der Waals surface area contributed by atoms with Gasteiger partial charge in [0.05, 0.1) is 12.4 Å². The van der Waals surface area contributed by atoms with Gasteiger partial charge in [-0.15, -0.1) is 0 Å². The van der Waals surface area contributed by atoms with E-state index in [0.29, 0.717) is 16.9 Å². The first-order chi connectivity index (χ1) is 8.52. The number of carbonyl (C=O) groups is 1. The van der Waals surface area contributed by atoms with Crippen LogP contribution >= 0.6 is 0 Å². The van der Waals surface area contributed by atoms with Crippen LogP contribution in [0.4, 0.5) is 5.82 Å². The number of nitrogen functional groups attached to an aromatic ring is 1. The van der Waals surface area contributed by atoms with E-state index in [4.69, 9.17) is 5.84 Å². The highest BCUT2D eigenvalue weighted by Crippen LogP contribution is 2.30. The van der Waals surface area contributed by atoms with Gasteiger partial charge < -0.3 is 10.3 Å². The van der Waals surface area contributed by atoms with Gasteiger partial charge in [-0.05, 0) is 18.3 Å². The third-order valence-corrected chi connectivity index (χ3v) is 3.41. The molecule has 2 heterocycles. The van der Waals surface area contributed by atoms with Crippen molar-refractivity contribution in [2.75, 3.05) is 18.5 Å². The van der Waals surface area contributed by atoms with Gasteiger partial charge in [-0.2, -0.15) is 0 Å². The normalized spacial score (nSPS) is 18.5. The Bertz CT molecular complexity index is 436. The molecule has 0 saturated carbocycles. The molecule has 18 heavy (non-hydrogen) atoms. The Balaban J connectivity index is 2.07. The molecule has 1 aromatic heterocycles. The number of hydrazine groups is 1. The zero-order valence-electron chi connectivity index (χ0n) is 10.8. The zero-order chi connectivity index (χ0) is 13.2. The van der Waals surface area contributed by atoms with Gasteiger partial charge in [-0.3, -0.25) is 9.78 Å². The van der Waals surface area contributed by atoms with Crippen molar-refractivity contribution in [1.82, 2.24) is 14.9 Å². The Morgan fingerprint density at radius 3 is 2.67 bits per heavy atom. The second kappa shape index (κ2) is 4.89. The molecule has 0 radical (unpaired) electrons. The lowest BCUT2D eigenvalue weighted by molar-refractivity contribution is 0.0624. The Morgan fingerprint density at radius 2 is 2.06 bits per heavy atom. The Labute approximate surface area is 107 Å². The number of hydrogen-bond acceptors (Lipinski definition) is 5. The molecule has 6 heteroatoms. The molecule has 1 aromatic rings. The number of rotatable bonds is 2. The number of aromatic nitrogens is 2. The summed E-state index contributed by atoms with van der Waals surface area (Å²) >= 11 is 0. The molecule has 1 aliphatic rings. The van der Waals surface area contributed by atoms with E-state index in [0.717, 1.165) is 25.9 Å². The first-order valence-electron chi connectivity index (χ1n) is 6.10. The number of piperidine rings is 1. The summed E-state index contributed by atoms with van der Waals surface area (Å²) in [4.78, 5) is 22.1. The molecule has 1 aliphatic heterocycles. The summed E-state index contributed by atoms with van der Waals surface area (Å²) in [5, 5.41) is 0. The first kappa shape index (κ1) is 12.8. The van der Waals surface area contributed by atoms with Crippen molar-refractivity contribution in [2.24, 2.45) is 11.3 Å². The quantitative estimate of drug-likeness (QED) is 0.604. The van der Waals surface area contributed by atoms with Gasteiger partial charge in [0.2, 0.25) is 0 Å². The average molecular weight is 249 g/mol. The SMILES string of the molecule is CC1(C)CCN(C(=O)c2cncc(NN)n2)CC1. The Hall–Kier alpha value is -1.69. The van der Waals surface area contributed by atoms with E-state index in [9.17, 15) is 4.79 Å². The van der Waals surface area contributed by atoms with Gasteiger partial charge in [-0.25, -0.2) is 10.8 Å². The van der Waals surface area contributed by atoms with E-state index in [1.54, 1.807) is 0 Å². The molecule has 0 bridgehead atoms. The van der Waals surface area contributed by atoms with Crippen LogP contribution in [0.25, 0.3) is 0 Å². The van der Waals surface area contributed by atoms with Crippen LogP contribution < -0.4 is 11.3 Å². The predicted molar refractivity (Wildman–Crippen MR) is 68.8 cm³/mol. The Morgan fingerprint density at radius 1 is 1.39 bits per heavy atom. The highest BCUT2D eigenvalue weighted by atomic mass is 16.2. The molecule has 0 atom stereocenters. The van der Waals surface area contributed by atoms with E-state index in [1.165, 1.54) is 12.4 Å². The third-order valence-electron chi connectivity index (χ3n) is 3.41. The van der Waals surface area contributed by atoms with E-state index >= 15 is 0 Å². The van der Waals surface area contributed by atoms with Crippen LogP contribution in [0.5, 0.6) is 0 Å². The highest BCUT2D eigenvalue weighted by Gasteiger charge is 2.28. The van der Waals surface area contributed by atoms with Gasteiger partial charge in [-0.1, -0.05) is 13.8 Å². The van der Waals surface area contributed by atoms with E-state index in [1.807, 2.05) is 4.90 Å². The monoisotopic (exact) mass is 249 g/mol. The minimum atomic E-state index is -0.0740. The second-order valence-electron chi connectivity index (χ2n) is 5.39. The summed E-state index contributed by atoms with van der Waals surface area (Å²) in [6, 6.07) is 0. The fraction of sp³-hybridized carbons (Fsp3) is 0.583. The summed E-state index contributed by atoms with van der Waals surface area (Å²) in [6.45, 7) is 6.00. The molecule has 0 aliphatic carbocycles. The molecule has 0 unspecified atom stereocenters. The van der Waals surface area contributed by atoms with Crippen molar-refractivity contribution in [3.63, 3.8) is 0 Å². The molecular weight excluding hydrogens is 230 g/mol. The van der Waals surface area contributed by atoms with Crippen LogP contribution in [0.1, 0.15) is 37.2 Å². The Kier molecular flexibility index (Phi) is 3.47. The van der Waals surface area contributed by atoms with Crippen LogP contribution in [0.2, 0.25) is 0 Å². The van der Waals surface area contributed by atoms with E-state index in [-0.39, 0.29) is 5.91 Å². The molecule has 1 saturated heterocycles. The molecule has 98 valence electrons. The van der Waals surface area contributed by atoms with Gasteiger partial charge in [0, 0.05) is 13.1 Å². The van der Waals surface area contributed by atoms with E-state index < -0.39 is 0 Å². The molecule has 2 rings (SSSR count). The van der Waals surface area contributed by atoms with Crippen molar-refractivity contribution >= 4 is 11.7 Å². The lowest BCUT2D eigenvalue weighted by Gasteiger charge is -2.36. The van der Waals surface area contributed by atoms with Crippen LogP contribution in [0, 0.1) is 5.41 Å². The van der Waals surface area contributed by atoms with Gasteiger partial charge in [0.1, 0.15) is 5.69 Å². The maximum Gasteiger partial charge on any atom is 0.274 e. The minimum absolute atomic E-state index is 0.0740. The van der Waals surface area contributed by atoms with Gasteiger partial charge in [0.15, 0.2) is 5.82 Å². The molecule has 0 aromatic carbocycles. The number of nitrogens with zero attached hydrogens (tertiary/aromatic N) is 3. The third kappa shape index (κ3) is 2.76. The standard InChI is InChI=1S/C12H19N5O/c1-12(2)3-5-17(6-4-12)11(18)9-7-14-8-10(15-9)16-13/h7-8H,3-6,13H2,1-2H3,(H,15,16). The summed E-state index contributed by atoms with van der Waals surface area (Å²) in [7, 11) is 0. The van der Waals surface area contributed by atoms with Crippen LogP contribution in [0.15, 0.2) is 12.4 Å². The smallest absolute Gasteiger partial charge is 0.274 e. The molecular formula is C12H19N5O. The average Bonchev–Trinajstić information content (AvgIpc) is 2.38. The zero-order valence-corrected chi connectivity index (χ0v) is 10.8.